The largest absolute Gasteiger partial charge is 0.489 e. The van der Waals surface area contributed by atoms with Crippen LogP contribution in [0.3, 0.4) is 0 Å². The highest BCUT2D eigenvalue weighted by atomic mass is 16.5. The molecule has 4 rings (SSSR count). The molecule has 1 aliphatic heterocycles. The lowest BCUT2D eigenvalue weighted by Crippen LogP contribution is -2.74. The Labute approximate surface area is 213 Å². The first-order valence-corrected chi connectivity index (χ1v) is 12.6. The van der Waals surface area contributed by atoms with Gasteiger partial charge >= 0.3 is 0 Å². The van der Waals surface area contributed by atoms with Crippen molar-refractivity contribution in [3.8, 4) is 11.8 Å². The molecule has 0 bridgehead atoms. The fraction of sp³-hybridized carbons (Fsp3) is 0.571. The molecule has 2 N–H and O–H groups in total. The molecule has 1 saturated heterocycles. The summed E-state index contributed by atoms with van der Waals surface area (Å²) in [5.74, 6) is 1.82. The number of anilines is 1. The SMILES string of the molecule is Cc1cc(OC2C(C)(C)C(NC(=O)c3cnc(N4CC[C@H](CO)[C@@H](C)C4)nc3)C2(C)C)ccc1C#N. The van der Waals surface area contributed by atoms with E-state index >= 15 is 0 Å². The van der Waals surface area contributed by atoms with E-state index in [1.165, 1.54) is 0 Å². The number of rotatable bonds is 6. The van der Waals surface area contributed by atoms with E-state index in [4.69, 9.17) is 4.74 Å². The second-order valence-electron chi connectivity index (χ2n) is 11.6. The van der Waals surface area contributed by atoms with Crippen molar-refractivity contribution in [3.63, 3.8) is 0 Å². The van der Waals surface area contributed by atoms with Gasteiger partial charge in [-0.1, -0.05) is 34.6 Å². The Balaban J connectivity index is 1.41. The van der Waals surface area contributed by atoms with Gasteiger partial charge in [0.2, 0.25) is 5.95 Å². The maximum Gasteiger partial charge on any atom is 0.254 e. The number of nitriles is 1. The second kappa shape index (κ2) is 9.70. The number of carbonyl (C=O) groups excluding carboxylic acids is 1. The average Bonchev–Trinajstić information content (AvgIpc) is 2.85. The number of nitrogens with one attached hydrogen (secondary N) is 1. The molecule has 1 amide bonds. The number of amides is 1. The molecule has 1 aliphatic carbocycles. The molecule has 0 unspecified atom stereocenters. The summed E-state index contributed by atoms with van der Waals surface area (Å²) in [5.41, 5.74) is 1.32. The van der Waals surface area contributed by atoms with Gasteiger partial charge in [-0.25, -0.2) is 9.97 Å². The molecule has 2 heterocycles. The van der Waals surface area contributed by atoms with Crippen LogP contribution in [0, 0.1) is 40.9 Å². The summed E-state index contributed by atoms with van der Waals surface area (Å²) in [7, 11) is 0. The van der Waals surface area contributed by atoms with Crippen LogP contribution in [0.15, 0.2) is 30.6 Å². The van der Waals surface area contributed by atoms with Gasteiger partial charge < -0.3 is 20.1 Å². The Bertz CT molecular complexity index is 1140. The molecule has 0 spiro atoms. The van der Waals surface area contributed by atoms with Crippen LogP contribution in [0.2, 0.25) is 0 Å². The number of hydrogen-bond donors (Lipinski definition) is 2. The minimum Gasteiger partial charge on any atom is -0.489 e. The molecular weight excluding hydrogens is 454 g/mol. The zero-order valence-corrected chi connectivity index (χ0v) is 22.1. The van der Waals surface area contributed by atoms with Gasteiger partial charge in [-0.05, 0) is 48.9 Å². The third-order valence-electron chi connectivity index (χ3n) is 8.19. The monoisotopic (exact) mass is 491 g/mol. The summed E-state index contributed by atoms with van der Waals surface area (Å²) >= 11 is 0. The molecule has 1 aromatic carbocycles. The highest BCUT2D eigenvalue weighted by Crippen LogP contribution is 2.55. The number of ether oxygens (including phenoxy) is 1. The van der Waals surface area contributed by atoms with Gasteiger partial charge in [0.05, 0.1) is 17.2 Å². The lowest BCUT2D eigenvalue weighted by Gasteiger charge is -2.63. The second-order valence-corrected chi connectivity index (χ2v) is 11.6. The minimum atomic E-state index is -0.311. The van der Waals surface area contributed by atoms with Crippen molar-refractivity contribution in [2.24, 2.45) is 22.7 Å². The summed E-state index contributed by atoms with van der Waals surface area (Å²) in [6, 6.07) is 7.57. The molecule has 2 fully saturated rings. The molecule has 36 heavy (non-hydrogen) atoms. The van der Waals surface area contributed by atoms with Crippen molar-refractivity contribution in [3.05, 3.63) is 47.3 Å². The smallest absolute Gasteiger partial charge is 0.254 e. The summed E-state index contributed by atoms with van der Waals surface area (Å²) in [6.45, 7) is 14.2. The van der Waals surface area contributed by atoms with Gasteiger partial charge in [0.1, 0.15) is 11.9 Å². The predicted octanol–water partition coefficient (Wildman–Crippen LogP) is 3.72. The van der Waals surface area contributed by atoms with Crippen molar-refractivity contribution in [1.82, 2.24) is 15.3 Å². The summed E-state index contributed by atoms with van der Waals surface area (Å²) in [4.78, 5) is 24.2. The zero-order valence-electron chi connectivity index (χ0n) is 22.1. The number of piperidine rings is 1. The van der Waals surface area contributed by atoms with Gasteiger partial charge in [0.15, 0.2) is 0 Å². The number of aryl methyl sites for hydroxylation is 1. The molecule has 8 nitrogen and oxygen atoms in total. The van der Waals surface area contributed by atoms with Gasteiger partial charge in [-0.15, -0.1) is 0 Å². The van der Waals surface area contributed by atoms with Gasteiger partial charge in [0, 0.05) is 49.0 Å². The van der Waals surface area contributed by atoms with Crippen LogP contribution in [0.4, 0.5) is 5.95 Å². The van der Waals surface area contributed by atoms with E-state index in [0.717, 1.165) is 30.8 Å². The molecule has 2 aromatic rings. The van der Waals surface area contributed by atoms with Crippen LogP contribution in [0.5, 0.6) is 5.75 Å². The van der Waals surface area contributed by atoms with Crippen molar-refractivity contribution in [2.45, 2.75) is 60.1 Å². The number of nitrogens with zero attached hydrogens (tertiary/aromatic N) is 4. The minimum absolute atomic E-state index is 0.111. The quantitative estimate of drug-likeness (QED) is 0.633. The van der Waals surface area contributed by atoms with Crippen LogP contribution in [-0.4, -0.2) is 52.8 Å². The first-order valence-electron chi connectivity index (χ1n) is 12.6. The molecule has 2 aliphatic rings. The Kier molecular flexibility index (Phi) is 6.98. The van der Waals surface area contributed by atoms with E-state index in [-0.39, 0.29) is 35.5 Å². The molecule has 192 valence electrons. The Hall–Kier alpha value is -3.18. The maximum atomic E-state index is 13.1. The third-order valence-corrected chi connectivity index (χ3v) is 8.19. The van der Waals surface area contributed by atoms with Crippen LogP contribution in [-0.2, 0) is 0 Å². The van der Waals surface area contributed by atoms with Gasteiger partial charge in [0.25, 0.3) is 5.91 Å². The summed E-state index contributed by atoms with van der Waals surface area (Å²) < 4.78 is 6.38. The highest BCUT2D eigenvalue weighted by molar-refractivity contribution is 5.94. The van der Waals surface area contributed by atoms with Gasteiger partial charge in [-0.3, -0.25) is 4.79 Å². The van der Waals surface area contributed by atoms with Crippen LogP contribution < -0.4 is 15.0 Å². The lowest BCUT2D eigenvalue weighted by molar-refractivity contribution is -0.164. The van der Waals surface area contributed by atoms with Crippen molar-refractivity contribution < 1.29 is 14.6 Å². The fourth-order valence-corrected chi connectivity index (χ4v) is 6.23. The number of aliphatic hydroxyl groups is 1. The average molecular weight is 492 g/mol. The maximum absolute atomic E-state index is 13.1. The fourth-order valence-electron chi connectivity index (χ4n) is 6.23. The highest BCUT2D eigenvalue weighted by Gasteiger charge is 2.64. The Morgan fingerprint density at radius 1 is 1.25 bits per heavy atom. The van der Waals surface area contributed by atoms with Crippen LogP contribution >= 0.6 is 0 Å². The lowest BCUT2D eigenvalue weighted by atomic mass is 9.49. The first-order chi connectivity index (χ1) is 17.0. The third kappa shape index (κ3) is 4.64. The van der Waals surface area contributed by atoms with Crippen molar-refractivity contribution in [1.29, 1.82) is 5.26 Å². The normalized spacial score (nSPS) is 26.4. The number of aromatic nitrogens is 2. The van der Waals surface area contributed by atoms with Crippen molar-refractivity contribution in [2.75, 3.05) is 24.6 Å². The number of benzene rings is 1. The van der Waals surface area contributed by atoms with E-state index in [9.17, 15) is 15.2 Å². The standard InChI is InChI=1S/C28H37N5O3/c1-17-11-22(8-7-19(17)12-29)36-25-27(3,4)24(28(25,5)6)32-23(35)21-13-30-26(31-14-21)33-10-9-20(16-34)18(2)15-33/h7-8,11,13-14,18,20,24-25,34H,9-10,15-16H2,1-6H3,(H,32,35)/t18-,20+,24?,25?/m0/s1. The molecule has 0 radical (unpaired) electrons. The summed E-state index contributed by atoms with van der Waals surface area (Å²) in [5, 5.41) is 21.9. The van der Waals surface area contributed by atoms with Gasteiger partial charge in [-0.2, -0.15) is 5.26 Å². The van der Waals surface area contributed by atoms with Crippen molar-refractivity contribution >= 4 is 11.9 Å². The van der Waals surface area contributed by atoms with Crippen LogP contribution in [0.25, 0.3) is 0 Å². The predicted molar refractivity (Wildman–Crippen MR) is 138 cm³/mol. The molecule has 1 aromatic heterocycles. The van der Waals surface area contributed by atoms with Crippen LogP contribution in [0.1, 0.15) is 62.5 Å². The number of aliphatic hydroxyl groups excluding tert-OH is 1. The Morgan fingerprint density at radius 2 is 1.92 bits per heavy atom. The molecular formula is C28H37N5O3. The van der Waals surface area contributed by atoms with E-state index in [1.807, 2.05) is 19.1 Å². The molecule has 8 heteroatoms. The first kappa shape index (κ1) is 25.9. The molecule has 2 atom stereocenters. The Morgan fingerprint density at radius 3 is 2.47 bits per heavy atom. The summed E-state index contributed by atoms with van der Waals surface area (Å²) in [6.07, 6.45) is 3.96. The number of carbonyl (C=O) groups is 1. The topological polar surface area (TPSA) is 111 Å². The molecule has 1 saturated carbocycles. The van der Waals surface area contributed by atoms with E-state index in [2.05, 4.69) is 60.9 Å². The van der Waals surface area contributed by atoms with E-state index < -0.39 is 0 Å². The number of hydrogen-bond acceptors (Lipinski definition) is 7. The van der Waals surface area contributed by atoms with E-state index in [0.29, 0.717) is 28.9 Å². The zero-order chi connectivity index (χ0) is 26.3. The van der Waals surface area contributed by atoms with E-state index in [1.54, 1.807) is 18.5 Å².